The van der Waals surface area contributed by atoms with Crippen molar-refractivity contribution >= 4 is 28.2 Å². The van der Waals surface area contributed by atoms with Crippen LogP contribution in [0.25, 0.3) is 10.8 Å². The van der Waals surface area contributed by atoms with Gasteiger partial charge in [0, 0.05) is 24.2 Å². The maximum absolute atomic E-state index is 12.9. The van der Waals surface area contributed by atoms with E-state index < -0.39 is 23.2 Å². The molecule has 1 saturated heterocycles. The SMILES string of the molecule is CC1CCN(c2nn(CC(=O)Nc3ccc(C(F)(F)F)cc3)c(=O)c3ccccc23)CC1. The highest BCUT2D eigenvalue weighted by Gasteiger charge is 2.30. The van der Waals surface area contributed by atoms with E-state index in [9.17, 15) is 22.8 Å². The third-order valence-electron chi connectivity index (χ3n) is 5.72. The molecule has 1 fully saturated rings. The summed E-state index contributed by atoms with van der Waals surface area (Å²) in [6.07, 6.45) is -2.42. The molecule has 6 nitrogen and oxygen atoms in total. The quantitative estimate of drug-likeness (QED) is 0.652. The van der Waals surface area contributed by atoms with Crippen molar-refractivity contribution in [1.29, 1.82) is 0 Å². The van der Waals surface area contributed by atoms with E-state index in [2.05, 4.69) is 22.2 Å². The van der Waals surface area contributed by atoms with Crippen molar-refractivity contribution in [2.24, 2.45) is 5.92 Å². The number of aromatic nitrogens is 2. The monoisotopic (exact) mass is 444 g/mol. The molecule has 1 N–H and O–H groups in total. The van der Waals surface area contributed by atoms with Gasteiger partial charge in [-0.1, -0.05) is 25.1 Å². The lowest BCUT2D eigenvalue weighted by molar-refractivity contribution is -0.137. The summed E-state index contributed by atoms with van der Waals surface area (Å²) in [5.74, 6) is 0.736. The first-order valence-corrected chi connectivity index (χ1v) is 10.4. The van der Waals surface area contributed by atoms with E-state index in [0.29, 0.717) is 17.1 Å². The van der Waals surface area contributed by atoms with Crippen molar-refractivity contribution in [3.05, 3.63) is 64.4 Å². The van der Waals surface area contributed by atoms with Crippen LogP contribution in [0.2, 0.25) is 0 Å². The number of carbonyl (C=O) groups excluding carboxylic acids is 1. The maximum atomic E-state index is 12.9. The average molecular weight is 444 g/mol. The Balaban J connectivity index is 1.59. The van der Waals surface area contributed by atoms with Crippen LogP contribution in [0, 0.1) is 5.92 Å². The molecule has 0 spiro atoms. The molecule has 0 saturated carbocycles. The molecule has 1 aromatic heterocycles. The molecule has 0 unspecified atom stereocenters. The number of hydrogen-bond acceptors (Lipinski definition) is 4. The van der Waals surface area contributed by atoms with Crippen LogP contribution in [-0.4, -0.2) is 28.8 Å². The molecule has 0 bridgehead atoms. The van der Waals surface area contributed by atoms with Crippen LogP contribution in [0.1, 0.15) is 25.3 Å². The predicted octanol–water partition coefficient (Wildman–Crippen LogP) is 4.29. The highest BCUT2D eigenvalue weighted by atomic mass is 19.4. The number of hydrogen-bond donors (Lipinski definition) is 1. The Labute approximate surface area is 182 Å². The fraction of sp³-hybridized carbons (Fsp3) is 0.348. The number of fused-ring (bicyclic) bond motifs is 1. The van der Waals surface area contributed by atoms with E-state index in [1.54, 1.807) is 12.1 Å². The summed E-state index contributed by atoms with van der Waals surface area (Å²) in [7, 11) is 0. The molecule has 0 radical (unpaired) electrons. The fourth-order valence-corrected chi connectivity index (χ4v) is 3.86. The van der Waals surface area contributed by atoms with Crippen molar-refractivity contribution in [3.8, 4) is 0 Å². The van der Waals surface area contributed by atoms with Gasteiger partial charge in [-0.25, -0.2) is 4.68 Å². The van der Waals surface area contributed by atoms with Crippen molar-refractivity contribution < 1.29 is 18.0 Å². The second kappa shape index (κ2) is 8.64. The molecule has 1 aliphatic heterocycles. The van der Waals surface area contributed by atoms with Gasteiger partial charge >= 0.3 is 6.18 Å². The number of benzene rings is 2. The lowest BCUT2D eigenvalue weighted by Gasteiger charge is -2.32. The Hall–Kier alpha value is -3.36. The molecule has 2 aromatic carbocycles. The largest absolute Gasteiger partial charge is 0.416 e. The summed E-state index contributed by atoms with van der Waals surface area (Å²) in [4.78, 5) is 27.6. The second-order valence-electron chi connectivity index (χ2n) is 8.12. The van der Waals surface area contributed by atoms with Crippen LogP contribution < -0.4 is 15.8 Å². The predicted molar refractivity (Wildman–Crippen MR) is 117 cm³/mol. The molecule has 3 aromatic rings. The summed E-state index contributed by atoms with van der Waals surface area (Å²) >= 11 is 0. The van der Waals surface area contributed by atoms with Gasteiger partial charge in [-0.2, -0.15) is 18.3 Å². The zero-order valence-electron chi connectivity index (χ0n) is 17.5. The number of amides is 1. The third kappa shape index (κ3) is 4.61. The van der Waals surface area contributed by atoms with Crippen LogP contribution in [0.4, 0.5) is 24.7 Å². The number of nitrogens with zero attached hydrogens (tertiary/aromatic N) is 3. The molecule has 1 aliphatic rings. The van der Waals surface area contributed by atoms with Gasteiger partial charge in [-0.15, -0.1) is 0 Å². The van der Waals surface area contributed by atoms with Crippen LogP contribution in [0.15, 0.2) is 53.3 Å². The van der Waals surface area contributed by atoms with E-state index >= 15 is 0 Å². The molecular formula is C23H23F3N4O2. The lowest BCUT2D eigenvalue weighted by Crippen LogP contribution is -2.37. The van der Waals surface area contributed by atoms with Gasteiger partial charge in [0.2, 0.25) is 5.91 Å². The lowest BCUT2D eigenvalue weighted by atomic mass is 9.99. The average Bonchev–Trinajstić information content (AvgIpc) is 2.76. The van der Waals surface area contributed by atoms with Crippen LogP contribution in [-0.2, 0) is 17.5 Å². The summed E-state index contributed by atoms with van der Waals surface area (Å²) in [5.41, 5.74) is -0.984. The Morgan fingerprint density at radius 2 is 1.69 bits per heavy atom. The van der Waals surface area contributed by atoms with Crippen molar-refractivity contribution in [2.45, 2.75) is 32.5 Å². The number of anilines is 2. The van der Waals surface area contributed by atoms with Gasteiger partial charge in [-0.05, 0) is 49.1 Å². The Morgan fingerprint density at radius 1 is 1.06 bits per heavy atom. The first-order valence-electron chi connectivity index (χ1n) is 10.4. The number of piperidine rings is 1. The minimum atomic E-state index is -4.45. The van der Waals surface area contributed by atoms with Gasteiger partial charge in [0.15, 0.2) is 5.82 Å². The molecule has 32 heavy (non-hydrogen) atoms. The van der Waals surface area contributed by atoms with Crippen LogP contribution in [0.3, 0.4) is 0 Å². The van der Waals surface area contributed by atoms with Gasteiger partial charge in [0.05, 0.1) is 10.9 Å². The Kier molecular flexibility index (Phi) is 5.90. The van der Waals surface area contributed by atoms with Gasteiger partial charge < -0.3 is 10.2 Å². The second-order valence-corrected chi connectivity index (χ2v) is 8.12. The minimum Gasteiger partial charge on any atom is -0.355 e. The van der Waals surface area contributed by atoms with E-state index in [0.717, 1.165) is 48.1 Å². The van der Waals surface area contributed by atoms with E-state index in [-0.39, 0.29) is 12.2 Å². The molecule has 0 atom stereocenters. The van der Waals surface area contributed by atoms with E-state index in [1.807, 2.05) is 12.1 Å². The Bertz CT molecular complexity index is 1180. The zero-order chi connectivity index (χ0) is 22.9. The molecular weight excluding hydrogens is 421 g/mol. The number of halogens is 3. The normalized spacial score (nSPS) is 15.2. The number of nitrogens with one attached hydrogen (secondary N) is 1. The molecule has 9 heteroatoms. The highest BCUT2D eigenvalue weighted by molar-refractivity contribution is 5.93. The van der Waals surface area contributed by atoms with E-state index in [1.165, 1.54) is 12.1 Å². The highest BCUT2D eigenvalue weighted by Crippen LogP contribution is 2.30. The molecule has 4 rings (SSSR count). The van der Waals surface area contributed by atoms with Crippen molar-refractivity contribution in [3.63, 3.8) is 0 Å². The third-order valence-corrected chi connectivity index (χ3v) is 5.72. The first kappa shape index (κ1) is 21.9. The molecule has 0 aliphatic carbocycles. The van der Waals surface area contributed by atoms with Gasteiger partial charge in [0.25, 0.3) is 5.56 Å². The molecule has 168 valence electrons. The molecule has 2 heterocycles. The standard InChI is InChI=1S/C23H23F3N4O2/c1-15-10-12-29(13-11-15)21-18-4-2-3-5-19(18)22(32)30(28-21)14-20(31)27-17-8-6-16(7-9-17)23(24,25)26/h2-9,15H,10-14H2,1H3,(H,27,31). The van der Waals surface area contributed by atoms with Gasteiger partial charge in [0.1, 0.15) is 6.54 Å². The number of rotatable bonds is 4. The van der Waals surface area contributed by atoms with Crippen molar-refractivity contribution in [2.75, 3.05) is 23.3 Å². The van der Waals surface area contributed by atoms with E-state index in [4.69, 9.17) is 0 Å². The smallest absolute Gasteiger partial charge is 0.355 e. The van der Waals surface area contributed by atoms with Crippen LogP contribution in [0.5, 0.6) is 0 Å². The maximum Gasteiger partial charge on any atom is 0.416 e. The van der Waals surface area contributed by atoms with Crippen molar-refractivity contribution in [1.82, 2.24) is 9.78 Å². The summed E-state index contributed by atoms with van der Waals surface area (Å²) in [6.45, 7) is 3.49. The minimum absolute atomic E-state index is 0.210. The summed E-state index contributed by atoms with van der Waals surface area (Å²) in [6, 6.07) is 11.3. The molecule has 1 amide bonds. The first-order chi connectivity index (χ1) is 15.2. The Morgan fingerprint density at radius 3 is 2.31 bits per heavy atom. The van der Waals surface area contributed by atoms with Crippen LogP contribution >= 0.6 is 0 Å². The fourth-order valence-electron chi connectivity index (χ4n) is 3.86. The van der Waals surface area contributed by atoms with Gasteiger partial charge in [-0.3, -0.25) is 9.59 Å². The topological polar surface area (TPSA) is 67.2 Å². The summed E-state index contributed by atoms with van der Waals surface area (Å²) < 4.78 is 39.3. The zero-order valence-corrected chi connectivity index (χ0v) is 17.5. The number of carbonyl (C=O) groups is 1. The summed E-state index contributed by atoms with van der Waals surface area (Å²) in [5, 5.41) is 8.24. The number of alkyl halides is 3.